The van der Waals surface area contributed by atoms with Crippen molar-refractivity contribution in [3.8, 4) is 16.9 Å². The Morgan fingerprint density at radius 1 is 0.722 bits per heavy atom. The van der Waals surface area contributed by atoms with Gasteiger partial charge in [-0.2, -0.15) is 0 Å². The van der Waals surface area contributed by atoms with Gasteiger partial charge in [0.05, 0.1) is 0 Å². The molecule has 0 aliphatic carbocycles. The number of rotatable bonds is 1. The van der Waals surface area contributed by atoms with Crippen molar-refractivity contribution < 1.29 is 15.3 Å². The average molecular weight is 246 g/mol. The van der Waals surface area contributed by atoms with E-state index in [-0.39, 0.29) is 0 Å². The Morgan fingerprint density at radius 2 is 1.11 bits per heavy atom. The van der Waals surface area contributed by atoms with Crippen molar-refractivity contribution in [3.05, 3.63) is 54.6 Å². The molecule has 0 spiro atoms. The van der Waals surface area contributed by atoms with Crippen molar-refractivity contribution in [2.24, 2.45) is 0 Å². The minimum absolute atomic E-state index is 0.305. The molecule has 3 N–H and O–H groups in total. The highest BCUT2D eigenvalue weighted by molar-refractivity contribution is 5.63. The Kier molecular flexibility index (Phi) is 4.89. The number of hydrogen-bond acceptors (Lipinski definition) is 3. The van der Waals surface area contributed by atoms with E-state index in [2.05, 4.69) is 0 Å². The monoisotopic (exact) mass is 246 g/mol. The summed E-state index contributed by atoms with van der Waals surface area (Å²) in [6, 6.07) is 17.3. The molecule has 2 rings (SSSR count). The molecule has 2 aromatic carbocycles. The summed E-state index contributed by atoms with van der Waals surface area (Å²) in [6.45, 7) is 2.60. The van der Waals surface area contributed by atoms with Gasteiger partial charge in [-0.25, -0.2) is 0 Å². The molecule has 0 aromatic heterocycles. The first-order chi connectivity index (χ1) is 8.36. The number of hydrogen-bond donors (Lipinski definition) is 3. The van der Waals surface area contributed by atoms with Gasteiger partial charge < -0.3 is 15.3 Å². The second kappa shape index (κ2) is 6.19. The van der Waals surface area contributed by atoms with E-state index in [1.165, 1.54) is 19.4 Å². The van der Waals surface area contributed by atoms with Gasteiger partial charge in [0, 0.05) is 0 Å². The van der Waals surface area contributed by atoms with Gasteiger partial charge in [-0.15, -0.1) is 0 Å². The van der Waals surface area contributed by atoms with Gasteiger partial charge >= 0.3 is 0 Å². The molecule has 3 heteroatoms. The van der Waals surface area contributed by atoms with Crippen LogP contribution in [0.4, 0.5) is 0 Å². The molecule has 0 heterocycles. The molecule has 0 unspecified atom stereocenters. The predicted molar refractivity (Wildman–Crippen MR) is 72.1 cm³/mol. The number of aliphatic hydroxyl groups is 2. The molecular weight excluding hydrogens is 228 g/mol. The Balaban J connectivity index is 0.000000280. The fraction of sp³-hybridized carbons (Fsp3) is 0.200. The first kappa shape index (κ1) is 14.2. The molecule has 0 aliphatic heterocycles. The predicted octanol–water partition coefficient (Wildman–Crippen LogP) is 2.77. The minimum atomic E-state index is -1.50. The summed E-state index contributed by atoms with van der Waals surface area (Å²) < 4.78 is 0. The first-order valence-corrected chi connectivity index (χ1v) is 5.65. The highest BCUT2D eigenvalue weighted by Crippen LogP contribution is 2.20. The standard InChI is InChI=1S/C12H10O.C3H8O2/c13-12-8-6-11(7-9-12)10-4-2-1-3-5-10;1-3(2,4)5/h1-9,13H;4-5H,1-2H3. The summed E-state index contributed by atoms with van der Waals surface area (Å²) in [5, 5.41) is 25.3. The summed E-state index contributed by atoms with van der Waals surface area (Å²) in [5.74, 6) is -1.19. The lowest BCUT2D eigenvalue weighted by Gasteiger charge is -2.03. The maximum Gasteiger partial charge on any atom is 0.156 e. The van der Waals surface area contributed by atoms with Gasteiger partial charge in [-0.05, 0) is 37.1 Å². The Bertz CT molecular complexity index is 449. The smallest absolute Gasteiger partial charge is 0.156 e. The summed E-state index contributed by atoms with van der Waals surface area (Å²) in [7, 11) is 0. The van der Waals surface area contributed by atoms with E-state index < -0.39 is 5.79 Å². The van der Waals surface area contributed by atoms with Gasteiger partial charge in [0.1, 0.15) is 5.75 Å². The zero-order valence-corrected chi connectivity index (χ0v) is 10.5. The molecule has 18 heavy (non-hydrogen) atoms. The van der Waals surface area contributed by atoms with Crippen LogP contribution < -0.4 is 0 Å². The van der Waals surface area contributed by atoms with Crippen LogP contribution in [0.2, 0.25) is 0 Å². The number of benzene rings is 2. The van der Waals surface area contributed by atoms with Crippen LogP contribution >= 0.6 is 0 Å². The van der Waals surface area contributed by atoms with Crippen LogP contribution in [0.1, 0.15) is 13.8 Å². The van der Waals surface area contributed by atoms with Crippen molar-refractivity contribution in [2.45, 2.75) is 19.6 Å². The van der Waals surface area contributed by atoms with E-state index in [0.717, 1.165) is 5.56 Å². The van der Waals surface area contributed by atoms with Crippen molar-refractivity contribution in [2.75, 3.05) is 0 Å². The van der Waals surface area contributed by atoms with E-state index in [1.54, 1.807) is 12.1 Å². The topological polar surface area (TPSA) is 60.7 Å². The van der Waals surface area contributed by atoms with Crippen LogP contribution in [0.15, 0.2) is 54.6 Å². The fourth-order valence-corrected chi connectivity index (χ4v) is 1.28. The molecule has 0 aliphatic rings. The Hall–Kier alpha value is -1.84. The summed E-state index contributed by atoms with van der Waals surface area (Å²) in [5.41, 5.74) is 2.29. The Labute approximate surface area is 107 Å². The third-order valence-electron chi connectivity index (χ3n) is 1.97. The summed E-state index contributed by atoms with van der Waals surface area (Å²) in [6.07, 6.45) is 0. The molecule has 0 bridgehead atoms. The lowest BCUT2D eigenvalue weighted by molar-refractivity contribution is -0.127. The highest BCUT2D eigenvalue weighted by atomic mass is 16.5. The van der Waals surface area contributed by atoms with Gasteiger partial charge in [-0.1, -0.05) is 42.5 Å². The molecule has 2 aromatic rings. The van der Waals surface area contributed by atoms with Gasteiger partial charge in [0.2, 0.25) is 0 Å². The lowest BCUT2D eigenvalue weighted by atomic mass is 10.1. The van der Waals surface area contributed by atoms with Crippen LogP contribution in [0.5, 0.6) is 5.75 Å². The average Bonchev–Trinajstić information content (AvgIpc) is 2.29. The SMILES string of the molecule is CC(C)(O)O.Oc1ccc(-c2ccccc2)cc1. The summed E-state index contributed by atoms with van der Waals surface area (Å²) >= 11 is 0. The molecule has 0 saturated heterocycles. The molecule has 0 fully saturated rings. The largest absolute Gasteiger partial charge is 0.508 e. The van der Waals surface area contributed by atoms with Crippen molar-refractivity contribution >= 4 is 0 Å². The van der Waals surface area contributed by atoms with Crippen LogP contribution in [-0.4, -0.2) is 21.1 Å². The van der Waals surface area contributed by atoms with Crippen molar-refractivity contribution in [3.63, 3.8) is 0 Å². The van der Waals surface area contributed by atoms with Crippen molar-refractivity contribution in [1.82, 2.24) is 0 Å². The van der Waals surface area contributed by atoms with E-state index in [9.17, 15) is 0 Å². The molecule has 0 saturated carbocycles. The third-order valence-corrected chi connectivity index (χ3v) is 1.97. The quantitative estimate of drug-likeness (QED) is 0.678. The van der Waals surface area contributed by atoms with Gasteiger partial charge in [0.15, 0.2) is 5.79 Å². The van der Waals surface area contributed by atoms with Crippen LogP contribution in [0.3, 0.4) is 0 Å². The zero-order valence-electron chi connectivity index (χ0n) is 10.5. The second-order valence-electron chi connectivity index (χ2n) is 4.41. The minimum Gasteiger partial charge on any atom is -0.508 e. The Morgan fingerprint density at radius 3 is 1.56 bits per heavy atom. The van der Waals surface area contributed by atoms with Crippen LogP contribution in [0.25, 0.3) is 11.1 Å². The van der Waals surface area contributed by atoms with Crippen molar-refractivity contribution in [1.29, 1.82) is 0 Å². The van der Waals surface area contributed by atoms with E-state index in [4.69, 9.17) is 15.3 Å². The highest BCUT2D eigenvalue weighted by Gasteiger charge is 2.00. The normalized spacial score (nSPS) is 10.4. The first-order valence-electron chi connectivity index (χ1n) is 5.65. The van der Waals surface area contributed by atoms with Crippen LogP contribution in [-0.2, 0) is 0 Å². The number of phenolic OH excluding ortho intramolecular Hbond substituents is 1. The van der Waals surface area contributed by atoms with Gasteiger partial charge in [-0.3, -0.25) is 0 Å². The molecule has 0 atom stereocenters. The van der Waals surface area contributed by atoms with Crippen LogP contribution in [0, 0.1) is 0 Å². The summed E-state index contributed by atoms with van der Waals surface area (Å²) in [4.78, 5) is 0. The van der Waals surface area contributed by atoms with E-state index >= 15 is 0 Å². The third kappa shape index (κ3) is 6.03. The maximum absolute atomic E-state index is 9.10. The zero-order chi connectivity index (χ0) is 13.6. The van der Waals surface area contributed by atoms with E-state index in [0.29, 0.717) is 5.75 Å². The fourth-order valence-electron chi connectivity index (χ4n) is 1.28. The lowest BCUT2D eigenvalue weighted by Crippen LogP contribution is -2.15. The second-order valence-corrected chi connectivity index (χ2v) is 4.41. The van der Waals surface area contributed by atoms with Gasteiger partial charge in [0.25, 0.3) is 0 Å². The number of phenols is 1. The molecular formula is C15H18O3. The number of aromatic hydroxyl groups is 1. The molecule has 0 radical (unpaired) electrons. The van der Waals surface area contributed by atoms with E-state index in [1.807, 2.05) is 42.5 Å². The maximum atomic E-state index is 9.10. The molecule has 96 valence electrons. The molecule has 0 amide bonds. The molecule has 3 nitrogen and oxygen atoms in total.